The van der Waals surface area contributed by atoms with Gasteiger partial charge in [-0.25, -0.2) is 0 Å². The van der Waals surface area contributed by atoms with Crippen LogP contribution in [0.1, 0.15) is 38.8 Å². The standard InChI is InChI=1S/C15H25NO2/c1-12(11-18-16(5)17)10-13-6-8-14(9-7-13)15(2,3)4/h6-9,12,17H,10-11H2,1-5H3. The summed E-state index contributed by atoms with van der Waals surface area (Å²) in [6.45, 7) is 9.29. The molecule has 0 saturated heterocycles. The summed E-state index contributed by atoms with van der Waals surface area (Å²) >= 11 is 0. The van der Waals surface area contributed by atoms with Crippen LogP contribution in [0.15, 0.2) is 24.3 Å². The fraction of sp³-hybridized carbons (Fsp3) is 0.600. The summed E-state index contributed by atoms with van der Waals surface area (Å²) in [5.74, 6) is 0.375. The van der Waals surface area contributed by atoms with Crippen molar-refractivity contribution in [2.75, 3.05) is 13.7 Å². The van der Waals surface area contributed by atoms with E-state index in [-0.39, 0.29) is 5.41 Å². The van der Waals surface area contributed by atoms with Gasteiger partial charge < -0.3 is 0 Å². The van der Waals surface area contributed by atoms with Crippen LogP contribution in [-0.4, -0.2) is 24.1 Å². The molecule has 3 heteroatoms. The van der Waals surface area contributed by atoms with Gasteiger partial charge in [0.15, 0.2) is 0 Å². The Labute approximate surface area is 110 Å². The molecule has 1 N–H and O–H groups in total. The first kappa shape index (κ1) is 15.2. The predicted octanol–water partition coefficient (Wildman–Crippen LogP) is 3.42. The number of hydroxylamine groups is 2. The van der Waals surface area contributed by atoms with Crippen LogP contribution in [0.2, 0.25) is 0 Å². The molecular formula is C15H25NO2. The molecule has 1 rings (SSSR count). The molecule has 0 aromatic heterocycles. The molecule has 18 heavy (non-hydrogen) atoms. The van der Waals surface area contributed by atoms with E-state index in [1.807, 2.05) is 0 Å². The van der Waals surface area contributed by atoms with Gasteiger partial charge >= 0.3 is 0 Å². The van der Waals surface area contributed by atoms with Gasteiger partial charge in [-0.2, -0.15) is 0 Å². The largest absolute Gasteiger partial charge is 0.290 e. The van der Waals surface area contributed by atoms with Gasteiger partial charge in [0.05, 0.1) is 6.61 Å². The molecule has 0 heterocycles. The fourth-order valence-electron chi connectivity index (χ4n) is 1.84. The van der Waals surface area contributed by atoms with Crippen LogP contribution in [0, 0.1) is 5.92 Å². The third-order valence-corrected chi connectivity index (χ3v) is 2.95. The lowest BCUT2D eigenvalue weighted by Gasteiger charge is -2.20. The Kier molecular flexibility index (Phi) is 5.32. The van der Waals surface area contributed by atoms with Crippen LogP contribution >= 0.6 is 0 Å². The maximum absolute atomic E-state index is 8.90. The number of rotatable bonds is 5. The number of benzene rings is 1. The second kappa shape index (κ2) is 6.32. The highest BCUT2D eigenvalue weighted by molar-refractivity contribution is 5.27. The lowest BCUT2D eigenvalue weighted by Crippen LogP contribution is -2.19. The highest BCUT2D eigenvalue weighted by atomic mass is 16.9. The first-order valence-corrected chi connectivity index (χ1v) is 6.44. The number of hydrogen-bond acceptors (Lipinski definition) is 3. The minimum absolute atomic E-state index is 0.201. The van der Waals surface area contributed by atoms with Crippen LogP contribution in [0.25, 0.3) is 0 Å². The van der Waals surface area contributed by atoms with E-state index >= 15 is 0 Å². The lowest BCUT2D eigenvalue weighted by atomic mass is 9.86. The van der Waals surface area contributed by atoms with E-state index in [2.05, 4.69) is 52.0 Å². The maximum Gasteiger partial charge on any atom is 0.0740 e. The van der Waals surface area contributed by atoms with Gasteiger partial charge in [0.25, 0.3) is 0 Å². The molecule has 0 aliphatic rings. The van der Waals surface area contributed by atoms with Crippen molar-refractivity contribution >= 4 is 0 Å². The molecule has 3 nitrogen and oxygen atoms in total. The van der Waals surface area contributed by atoms with Gasteiger partial charge in [-0.05, 0) is 28.9 Å². The molecule has 1 aromatic carbocycles. The van der Waals surface area contributed by atoms with Crippen LogP contribution in [0.4, 0.5) is 0 Å². The summed E-state index contributed by atoms with van der Waals surface area (Å²) in [5, 5.41) is 9.67. The zero-order chi connectivity index (χ0) is 13.8. The molecule has 0 saturated carbocycles. The number of hydrogen-bond donors (Lipinski definition) is 1. The molecule has 0 aliphatic carbocycles. The Bertz CT molecular complexity index is 352. The van der Waals surface area contributed by atoms with Crippen molar-refractivity contribution in [2.45, 2.75) is 39.5 Å². The van der Waals surface area contributed by atoms with Crippen molar-refractivity contribution in [2.24, 2.45) is 5.92 Å². The summed E-state index contributed by atoms with van der Waals surface area (Å²) < 4.78 is 0. The van der Waals surface area contributed by atoms with Crippen LogP contribution < -0.4 is 0 Å². The van der Waals surface area contributed by atoms with Crippen molar-refractivity contribution < 1.29 is 10.0 Å². The Balaban J connectivity index is 2.53. The molecule has 0 spiro atoms. The van der Waals surface area contributed by atoms with E-state index in [4.69, 9.17) is 10.0 Å². The van der Waals surface area contributed by atoms with Crippen LogP contribution in [-0.2, 0) is 16.7 Å². The lowest BCUT2D eigenvalue weighted by molar-refractivity contribution is -0.327. The Morgan fingerprint density at radius 1 is 1.22 bits per heavy atom. The molecule has 0 bridgehead atoms. The third kappa shape index (κ3) is 5.17. The highest BCUT2D eigenvalue weighted by Crippen LogP contribution is 2.22. The molecule has 1 atom stereocenters. The second-order valence-corrected chi connectivity index (χ2v) is 6.02. The quantitative estimate of drug-likeness (QED) is 0.814. The van der Waals surface area contributed by atoms with Crippen molar-refractivity contribution in [1.82, 2.24) is 5.23 Å². The van der Waals surface area contributed by atoms with Gasteiger partial charge in [-0.15, -0.1) is 0 Å². The zero-order valence-electron chi connectivity index (χ0n) is 12.1. The number of nitrogens with zero attached hydrogens (tertiary/aromatic N) is 1. The molecule has 1 unspecified atom stereocenters. The van der Waals surface area contributed by atoms with E-state index in [0.29, 0.717) is 12.5 Å². The molecule has 1 aromatic rings. The monoisotopic (exact) mass is 251 g/mol. The molecule has 0 aliphatic heterocycles. The first-order chi connectivity index (χ1) is 8.29. The molecule has 0 radical (unpaired) electrons. The minimum Gasteiger partial charge on any atom is -0.290 e. The third-order valence-electron chi connectivity index (χ3n) is 2.95. The summed E-state index contributed by atoms with van der Waals surface area (Å²) in [6, 6.07) is 8.75. The second-order valence-electron chi connectivity index (χ2n) is 6.02. The van der Waals surface area contributed by atoms with Gasteiger partial charge in [0, 0.05) is 7.05 Å². The smallest absolute Gasteiger partial charge is 0.0740 e. The molecular weight excluding hydrogens is 226 g/mol. The highest BCUT2D eigenvalue weighted by Gasteiger charge is 2.13. The Hall–Kier alpha value is -0.900. The summed E-state index contributed by atoms with van der Waals surface area (Å²) in [6.07, 6.45) is 0.957. The Morgan fingerprint density at radius 2 is 1.78 bits per heavy atom. The maximum atomic E-state index is 8.90. The normalized spacial score (nSPS) is 13.9. The fourth-order valence-corrected chi connectivity index (χ4v) is 1.84. The van der Waals surface area contributed by atoms with Crippen molar-refractivity contribution in [3.8, 4) is 0 Å². The van der Waals surface area contributed by atoms with E-state index < -0.39 is 0 Å². The van der Waals surface area contributed by atoms with Gasteiger partial charge in [0.2, 0.25) is 0 Å². The van der Waals surface area contributed by atoms with E-state index in [0.717, 1.165) is 11.6 Å². The predicted molar refractivity (Wildman–Crippen MR) is 73.5 cm³/mol. The van der Waals surface area contributed by atoms with E-state index in [1.165, 1.54) is 18.2 Å². The van der Waals surface area contributed by atoms with E-state index in [9.17, 15) is 0 Å². The van der Waals surface area contributed by atoms with Crippen LogP contribution in [0.5, 0.6) is 0 Å². The van der Waals surface area contributed by atoms with Crippen molar-refractivity contribution in [1.29, 1.82) is 0 Å². The molecule has 0 amide bonds. The average Bonchev–Trinajstić information content (AvgIpc) is 2.26. The zero-order valence-corrected chi connectivity index (χ0v) is 12.1. The van der Waals surface area contributed by atoms with Crippen LogP contribution in [0.3, 0.4) is 0 Å². The summed E-state index contributed by atoms with van der Waals surface area (Å²) in [5.41, 5.74) is 2.86. The van der Waals surface area contributed by atoms with Gasteiger partial charge in [-0.3, -0.25) is 10.0 Å². The topological polar surface area (TPSA) is 32.7 Å². The van der Waals surface area contributed by atoms with Crippen molar-refractivity contribution in [3.63, 3.8) is 0 Å². The van der Waals surface area contributed by atoms with Crippen molar-refractivity contribution in [3.05, 3.63) is 35.4 Å². The minimum atomic E-state index is 0.201. The average molecular weight is 251 g/mol. The summed E-state index contributed by atoms with van der Waals surface area (Å²) in [4.78, 5) is 5.04. The first-order valence-electron chi connectivity index (χ1n) is 6.44. The molecule has 0 fully saturated rings. The van der Waals surface area contributed by atoms with Gasteiger partial charge in [-0.1, -0.05) is 57.2 Å². The summed E-state index contributed by atoms with van der Waals surface area (Å²) in [7, 11) is 1.48. The Morgan fingerprint density at radius 3 is 2.22 bits per heavy atom. The SMILES string of the molecule is CC(CON(C)O)Cc1ccc(C(C)(C)C)cc1. The van der Waals surface area contributed by atoms with Gasteiger partial charge in [0.1, 0.15) is 0 Å². The van der Waals surface area contributed by atoms with E-state index in [1.54, 1.807) is 0 Å². The molecule has 102 valence electrons.